The van der Waals surface area contributed by atoms with Gasteiger partial charge in [-0.15, -0.1) is 0 Å². The van der Waals surface area contributed by atoms with Crippen LogP contribution in [-0.4, -0.2) is 139 Å². The number of nitrogens with one attached hydrogen (secondary N) is 5. The van der Waals surface area contributed by atoms with Crippen LogP contribution in [-0.2, 0) is 57.5 Å². The average molecular weight is 792 g/mol. The van der Waals surface area contributed by atoms with E-state index in [4.69, 9.17) is 10.2 Å². The lowest BCUT2D eigenvalue weighted by Gasteiger charge is -2.27. The van der Waals surface area contributed by atoms with Crippen molar-refractivity contribution >= 4 is 83.2 Å². The zero-order chi connectivity index (χ0) is 41.5. The number of aldehydes is 1. The number of rotatable bonds is 29. The highest BCUT2D eigenvalue weighted by atomic mass is 32.2. The minimum atomic E-state index is -1.84. The third-order valence-electron chi connectivity index (χ3n) is 7.36. The number of hydrogen-bond donors (Lipinski definition) is 10. The van der Waals surface area contributed by atoms with Gasteiger partial charge in [-0.2, -0.15) is 11.8 Å². The van der Waals surface area contributed by atoms with Crippen molar-refractivity contribution in [3.8, 4) is 0 Å². The first kappa shape index (κ1) is 48.4. The maximum Gasteiger partial charge on any atom is 0.305 e. The average Bonchev–Trinajstić information content (AvgIpc) is 3.08. The number of hydrogen-bond acceptors (Lipinski definition) is 13. The molecule has 0 spiro atoms. The number of ketones is 1. The molecule has 302 valence electrons. The SMILES string of the molecule is CSCC[C@H](NC(=O)[C@H](CCC(=O)O)NC(=O)[C@H](CC(=O)O)NC(=O)CCC(=O)O)C(=O)N[C@@H](CCC(=O)O)C(=O)N[C@@H](CCC(=O)O)C(=O)[C@H](C)C=O. The Kier molecular flexibility index (Phi) is 22.7. The molecule has 22 nitrogen and oxygen atoms in total. The van der Waals surface area contributed by atoms with E-state index in [1.165, 1.54) is 18.7 Å². The fraction of sp³-hybridized carbons (Fsp3) is 0.613. The van der Waals surface area contributed by atoms with Crippen molar-refractivity contribution in [1.29, 1.82) is 0 Å². The summed E-state index contributed by atoms with van der Waals surface area (Å²) < 4.78 is 0. The van der Waals surface area contributed by atoms with Crippen molar-refractivity contribution in [2.45, 2.75) is 101 Å². The molecule has 0 heterocycles. The monoisotopic (exact) mass is 791 g/mol. The van der Waals surface area contributed by atoms with Gasteiger partial charge in [0.25, 0.3) is 0 Å². The van der Waals surface area contributed by atoms with Crippen molar-refractivity contribution in [1.82, 2.24) is 26.6 Å². The minimum absolute atomic E-state index is 0.149. The Labute approximate surface area is 311 Å². The lowest BCUT2D eigenvalue weighted by Crippen LogP contribution is -2.59. The predicted molar refractivity (Wildman–Crippen MR) is 183 cm³/mol. The van der Waals surface area contributed by atoms with Crippen molar-refractivity contribution < 1.29 is 83.1 Å². The van der Waals surface area contributed by atoms with Crippen molar-refractivity contribution in [3.05, 3.63) is 0 Å². The van der Waals surface area contributed by atoms with Gasteiger partial charge in [-0.25, -0.2) is 0 Å². The predicted octanol–water partition coefficient (Wildman–Crippen LogP) is -2.50. The Morgan fingerprint density at radius 2 is 0.870 bits per heavy atom. The molecule has 10 N–H and O–H groups in total. The second-order valence-corrected chi connectivity index (χ2v) is 12.7. The van der Waals surface area contributed by atoms with Gasteiger partial charge in [-0.3, -0.25) is 52.7 Å². The second kappa shape index (κ2) is 25.4. The molecule has 0 saturated heterocycles. The number of amides is 5. The lowest BCUT2D eigenvalue weighted by molar-refractivity contribution is -0.142. The van der Waals surface area contributed by atoms with Crippen LogP contribution in [0.3, 0.4) is 0 Å². The summed E-state index contributed by atoms with van der Waals surface area (Å²) in [5.41, 5.74) is 0. The van der Waals surface area contributed by atoms with Crippen LogP contribution in [0.25, 0.3) is 0 Å². The smallest absolute Gasteiger partial charge is 0.305 e. The summed E-state index contributed by atoms with van der Waals surface area (Å²) >= 11 is 1.21. The normalized spacial score (nSPS) is 14.0. The third-order valence-corrected chi connectivity index (χ3v) is 8.00. The number of thioether (sulfide) groups is 1. The second-order valence-electron chi connectivity index (χ2n) is 11.8. The summed E-state index contributed by atoms with van der Waals surface area (Å²) in [6.45, 7) is 1.20. The molecule has 0 unspecified atom stereocenters. The molecule has 0 radical (unpaired) electrons. The maximum atomic E-state index is 13.5. The quantitative estimate of drug-likeness (QED) is 0.0276. The van der Waals surface area contributed by atoms with Gasteiger partial charge in [-0.05, 0) is 44.6 Å². The number of carboxylic acid groups (broad SMARTS) is 5. The van der Waals surface area contributed by atoms with Gasteiger partial charge in [0.05, 0.1) is 24.8 Å². The summed E-state index contributed by atoms with van der Waals surface area (Å²) in [5, 5.41) is 56.5. The fourth-order valence-corrected chi connectivity index (χ4v) is 4.95. The summed E-state index contributed by atoms with van der Waals surface area (Å²) in [4.78, 5) is 145. The van der Waals surface area contributed by atoms with Crippen LogP contribution in [0.4, 0.5) is 0 Å². The molecular formula is C31H45N5O17S. The molecule has 0 aliphatic rings. The molecule has 0 aliphatic heterocycles. The zero-order valence-electron chi connectivity index (χ0n) is 29.4. The van der Waals surface area contributed by atoms with Crippen LogP contribution in [0.15, 0.2) is 0 Å². The molecule has 23 heteroatoms. The van der Waals surface area contributed by atoms with Gasteiger partial charge >= 0.3 is 29.8 Å². The van der Waals surface area contributed by atoms with Gasteiger partial charge in [0.2, 0.25) is 29.5 Å². The van der Waals surface area contributed by atoms with Crippen molar-refractivity contribution in [3.63, 3.8) is 0 Å². The molecule has 5 amide bonds. The first-order valence-corrected chi connectivity index (χ1v) is 17.7. The van der Waals surface area contributed by atoms with E-state index in [1.807, 2.05) is 5.32 Å². The highest BCUT2D eigenvalue weighted by Gasteiger charge is 2.34. The van der Waals surface area contributed by atoms with Crippen LogP contribution < -0.4 is 26.6 Å². The minimum Gasteiger partial charge on any atom is -0.481 e. The molecule has 54 heavy (non-hydrogen) atoms. The summed E-state index contributed by atoms with van der Waals surface area (Å²) in [6.07, 6.45) is -4.18. The molecule has 0 aromatic heterocycles. The van der Waals surface area contributed by atoms with Gasteiger partial charge in [0.15, 0.2) is 5.78 Å². The standard InChI is InChI=1S/C31H45N5O17S/c1-15(14-37)27(49)16(3-7-22(39)40)33-28(50)17(4-8-23(41)42)34-30(52)19(11-12-54-2)36-29(51)18(5-9-24(43)44)35-31(53)20(13-26(47)48)32-21(38)6-10-25(45)46/h14-20H,3-13H2,1-2H3,(H,32,38)(H,33,50)(H,34,52)(H,35,53)(H,36,51)(H,39,40)(H,41,42)(H,43,44)(H,45,46)(H,47,48)/t15-,16+,17+,18+,19+,20+/m1/s1. The Morgan fingerprint density at radius 1 is 0.500 bits per heavy atom. The Morgan fingerprint density at radius 3 is 1.24 bits per heavy atom. The summed E-state index contributed by atoms with van der Waals surface area (Å²) in [6, 6.07) is -8.32. The van der Waals surface area contributed by atoms with Crippen LogP contribution in [0, 0.1) is 5.92 Å². The summed E-state index contributed by atoms with van der Waals surface area (Å²) in [7, 11) is 0. The highest BCUT2D eigenvalue weighted by molar-refractivity contribution is 7.98. The highest BCUT2D eigenvalue weighted by Crippen LogP contribution is 2.10. The molecular weight excluding hydrogens is 746 g/mol. The number of aliphatic carboxylic acids is 5. The van der Waals surface area contributed by atoms with Crippen LogP contribution in [0.5, 0.6) is 0 Å². The summed E-state index contributed by atoms with van der Waals surface area (Å²) in [5.74, 6) is -14.6. The first-order valence-electron chi connectivity index (χ1n) is 16.3. The Hall–Kier alpha value is -5.61. The van der Waals surface area contributed by atoms with E-state index >= 15 is 0 Å². The number of carbonyl (C=O) groups is 12. The molecule has 0 fully saturated rings. The van der Waals surface area contributed by atoms with Crippen molar-refractivity contribution in [2.24, 2.45) is 5.92 Å². The van der Waals surface area contributed by atoms with Crippen LogP contribution in [0.1, 0.15) is 71.1 Å². The molecule has 0 aromatic rings. The fourth-order valence-electron chi connectivity index (χ4n) is 4.48. The molecule has 0 rings (SSSR count). The Bertz CT molecular complexity index is 1420. The Balaban J connectivity index is 6.36. The first-order chi connectivity index (χ1) is 25.2. The van der Waals surface area contributed by atoms with E-state index in [0.717, 1.165) is 0 Å². The van der Waals surface area contributed by atoms with Crippen LogP contribution >= 0.6 is 11.8 Å². The van der Waals surface area contributed by atoms with E-state index in [9.17, 15) is 72.9 Å². The van der Waals surface area contributed by atoms with E-state index in [-0.39, 0.29) is 18.5 Å². The molecule has 0 bridgehead atoms. The molecule has 0 saturated carbocycles. The lowest BCUT2D eigenvalue weighted by atomic mass is 9.96. The molecule has 0 aromatic carbocycles. The topological polar surface area (TPSA) is 366 Å². The van der Waals surface area contributed by atoms with E-state index in [1.54, 1.807) is 6.26 Å². The number of Topliss-reactive ketones (excluding diaryl/α,β-unsaturated/α-hetero) is 1. The molecule has 0 aliphatic carbocycles. The molecule has 6 atom stereocenters. The van der Waals surface area contributed by atoms with Crippen molar-refractivity contribution in [2.75, 3.05) is 12.0 Å². The third kappa shape index (κ3) is 20.4. The van der Waals surface area contributed by atoms with Gasteiger partial charge in [0.1, 0.15) is 30.5 Å². The van der Waals surface area contributed by atoms with Gasteiger partial charge < -0.3 is 56.9 Å². The number of carbonyl (C=O) groups excluding carboxylic acids is 7. The van der Waals surface area contributed by atoms with E-state index in [0.29, 0.717) is 0 Å². The van der Waals surface area contributed by atoms with E-state index < -0.39 is 159 Å². The largest absolute Gasteiger partial charge is 0.481 e. The number of carboxylic acids is 5. The van der Waals surface area contributed by atoms with Crippen LogP contribution in [0.2, 0.25) is 0 Å². The maximum absolute atomic E-state index is 13.5. The van der Waals surface area contributed by atoms with Gasteiger partial charge in [-0.1, -0.05) is 0 Å². The van der Waals surface area contributed by atoms with Gasteiger partial charge in [0, 0.05) is 25.7 Å². The van der Waals surface area contributed by atoms with E-state index in [2.05, 4.69) is 21.3 Å². The zero-order valence-corrected chi connectivity index (χ0v) is 30.2.